The minimum atomic E-state index is -4.59. The monoisotopic (exact) mass is 536 g/mol. The third-order valence-electron chi connectivity index (χ3n) is 6.59. The number of pyridine rings is 1. The number of aryl methyl sites for hydroxylation is 2. The summed E-state index contributed by atoms with van der Waals surface area (Å²) in [6, 6.07) is 12.4. The number of rotatable bonds is 9. The molecule has 0 bridgehead atoms. The van der Waals surface area contributed by atoms with Gasteiger partial charge >= 0.3 is 11.9 Å². The molecule has 1 N–H and O–H groups in total. The van der Waals surface area contributed by atoms with Crippen LogP contribution in [0.1, 0.15) is 43.6 Å². The molecule has 0 radical (unpaired) electrons. The number of halogens is 3. The fourth-order valence-corrected chi connectivity index (χ4v) is 4.64. The van der Waals surface area contributed by atoms with Crippen molar-refractivity contribution in [2.24, 2.45) is 0 Å². The van der Waals surface area contributed by atoms with Crippen LogP contribution in [-0.2, 0) is 25.7 Å². The van der Waals surface area contributed by atoms with E-state index < -0.39 is 17.4 Å². The maximum Gasteiger partial charge on any atom is 0.419 e. The molecule has 9 nitrogen and oxygen atoms in total. The van der Waals surface area contributed by atoms with E-state index in [2.05, 4.69) is 25.6 Å². The van der Waals surface area contributed by atoms with Crippen LogP contribution in [0.5, 0.6) is 0 Å². The Hall–Kier alpha value is -4.48. The third-order valence-corrected chi connectivity index (χ3v) is 6.59. The number of tetrazole rings is 1. The van der Waals surface area contributed by atoms with Crippen LogP contribution in [0, 0.1) is 0 Å². The van der Waals surface area contributed by atoms with Crippen molar-refractivity contribution in [3.8, 4) is 28.3 Å². The summed E-state index contributed by atoms with van der Waals surface area (Å²) < 4.78 is 45.6. The van der Waals surface area contributed by atoms with E-state index in [0.717, 1.165) is 40.2 Å². The van der Waals surface area contributed by atoms with Gasteiger partial charge in [-0.15, -0.1) is 10.2 Å². The predicted molar refractivity (Wildman–Crippen MR) is 139 cm³/mol. The minimum Gasteiger partial charge on any atom is -0.334 e. The minimum absolute atomic E-state index is 0.122. The molecule has 0 unspecified atom stereocenters. The summed E-state index contributed by atoms with van der Waals surface area (Å²) in [4.78, 5) is 18.1. The molecular weight excluding hydrogens is 509 g/mol. The first-order valence-electron chi connectivity index (χ1n) is 12.7. The average Bonchev–Trinajstić information content (AvgIpc) is 3.68. The summed E-state index contributed by atoms with van der Waals surface area (Å²) in [5.74, 6) is 0.293. The van der Waals surface area contributed by atoms with E-state index in [1.54, 1.807) is 13.1 Å². The van der Waals surface area contributed by atoms with Crippen molar-refractivity contribution >= 4 is 0 Å². The maximum atomic E-state index is 13.8. The second-order valence-electron chi connectivity index (χ2n) is 9.15. The molecule has 4 aromatic heterocycles. The Bertz CT molecular complexity index is 1630. The molecular formula is C27H27F3N8O. The van der Waals surface area contributed by atoms with E-state index in [-0.39, 0.29) is 12.4 Å². The van der Waals surface area contributed by atoms with Crippen LogP contribution in [0.15, 0.2) is 65.8 Å². The van der Waals surface area contributed by atoms with Gasteiger partial charge in [-0.2, -0.15) is 18.4 Å². The highest BCUT2D eigenvalue weighted by Crippen LogP contribution is 2.34. The highest BCUT2D eigenvalue weighted by molar-refractivity contribution is 5.70. The van der Waals surface area contributed by atoms with Crippen LogP contribution < -0.4 is 5.69 Å². The Morgan fingerprint density at radius 3 is 2.54 bits per heavy atom. The molecule has 39 heavy (non-hydrogen) atoms. The molecule has 0 spiro atoms. The molecule has 0 atom stereocenters. The zero-order valence-electron chi connectivity index (χ0n) is 21.5. The van der Waals surface area contributed by atoms with E-state index in [9.17, 15) is 18.0 Å². The van der Waals surface area contributed by atoms with E-state index >= 15 is 0 Å². The van der Waals surface area contributed by atoms with Crippen LogP contribution in [-0.4, -0.2) is 39.3 Å². The smallest absolute Gasteiger partial charge is 0.334 e. The number of alkyl halides is 3. The number of aromatic nitrogens is 8. The lowest BCUT2D eigenvalue weighted by Gasteiger charge is -2.12. The molecule has 0 saturated carbocycles. The molecule has 0 aliphatic heterocycles. The zero-order chi connectivity index (χ0) is 27.6. The highest BCUT2D eigenvalue weighted by atomic mass is 19.4. The SMILES string of the molecule is CCCCc1cn(-c2c(C(F)(F)F)ccn2CC)c(=O)n1Cc1cc(-c2cccc(-c3nn[nH]n3)c2)ccn1. The quantitative estimate of drug-likeness (QED) is 0.282. The van der Waals surface area contributed by atoms with Gasteiger partial charge < -0.3 is 4.57 Å². The number of aromatic amines is 1. The van der Waals surface area contributed by atoms with Gasteiger partial charge in [-0.3, -0.25) is 14.1 Å². The molecule has 0 aliphatic rings. The third kappa shape index (κ3) is 5.27. The lowest BCUT2D eigenvalue weighted by atomic mass is 10.0. The molecule has 0 aliphatic carbocycles. The Balaban J connectivity index is 1.54. The van der Waals surface area contributed by atoms with Gasteiger partial charge in [0.15, 0.2) is 0 Å². The summed E-state index contributed by atoms with van der Waals surface area (Å²) in [5, 5.41) is 14.1. The van der Waals surface area contributed by atoms with E-state index in [1.807, 2.05) is 43.3 Å². The first-order valence-corrected chi connectivity index (χ1v) is 12.7. The van der Waals surface area contributed by atoms with Gasteiger partial charge in [-0.25, -0.2) is 4.79 Å². The van der Waals surface area contributed by atoms with Crippen LogP contribution in [0.3, 0.4) is 0 Å². The lowest BCUT2D eigenvalue weighted by Crippen LogP contribution is -2.27. The molecule has 5 aromatic rings. The van der Waals surface area contributed by atoms with Gasteiger partial charge in [-0.05, 0) is 60.4 Å². The molecule has 5 rings (SSSR count). The normalized spacial score (nSPS) is 11.8. The van der Waals surface area contributed by atoms with Gasteiger partial charge in [0.1, 0.15) is 5.82 Å². The van der Waals surface area contributed by atoms with E-state index in [4.69, 9.17) is 0 Å². The lowest BCUT2D eigenvalue weighted by molar-refractivity contribution is -0.137. The van der Waals surface area contributed by atoms with Crippen LogP contribution >= 0.6 is 0 Å². The van der Waals surface area contributed by atoms with Crippen molar-refractivity contribution in [1.82, 2.24) is 39.3 Å². The zero-order valence-corrected chi connectivity index (χ0v) is 21.5. The van der Waals surface area contributed by atoms with Crippen LogP contribution in [0.25, 0.3) is 28.3 Å². The van der Waals surface area contributed by atoms with E-state index in [0.29, 0.717) is 30.2 Å². The number of hydrogen-bond donors (Lipinski definition) is 1. The first kappa shape index (κ1) is 26.1. The van der Waals surface area contributed by atoms with Gasteiger partial charge in [0.05, 0.1) is 17.8 Å². The van der Waals surface area contributed by atoms with Crippen molar-refractivity contribution in [2.75, 3.05) is 0 Å². The number of unbranched alkanes of at least 4 members (excludes halogenated alkanes) is 1. The Morgan fingerprint density at radius 1 is 1.03 bits per heavy atom. The molecule has 202 valence electrons. The second kappa shape index (κ2) is 10.7. The van der Waals surface area contributed by atoms with Crippen molar-refractivity contribution in [3.05, 3.63) is 88.5 Å². The van der Waals surface area contributed by atoms with Gasteiger partial charge in [0.25, 0.3) is 0 Å². The first-order chi connectivity index (χ1) is 18.8. The van der Waals surface area contributed by atoms with Crippen LogP contribution in [0.2, 0.25) is 0 Å². The van der Waals surface area contributed by atoms with Crippen molar-refractivity contribution in [2.45, 2.75) is 52.4 Å². The fraction of sp³-hybridized carbons (Fsp3) is 0.296. The Labute approximate surface area is 221 Å². The average molecular weight is 537 g/mol. The van der Waals surface area contributed by atoms with Gasteiger partial charge in [0.2, 0.25) is 5.82 Å². The fourth-order valence-electron chi connectivity index (χ4n) is 4.64. The van der Waals surface area contributed by atoms with Gasteiger partial charge in [0, 0.05) is 36.4 Å². The summed E-state index contributed by atoms with van der Waals surface area (Å²) in [5.41, 5.74) is 2.44. The molecule has 0 amide bonds. The number of benzene rings is 1. The number of imidazole rings is 1. The Morgan fingerprint density at radius 2 is 1.82 bits per heavy atom. The predicted octanol–water partition coefficient (Wildman–Crippen LogP) is 5.11. The summed E-state index contributed by atoms with van der Waals surface area (Å²) >= 11 is 0. The molecule has 0 fully saturated rings. The maximum absolute atomic E-state index is 13.8. The van der Waals surface area contributed by atoms with Crippen molar-refractivity contribution in [3.63, 3.8) is 0 Å². The van der Waals surface area contributed by atoms with Crippen LogP contribution in [0.4, 0.5) is 13.2 Å². The number of H-pyrrole nitrogens is 1. The van der Waals surface area contributed by atoms with Gasteiger partial charge in [-0.1, -0.05) is 31.5 Å². The van der Waals surface area contributed by atoms with Crippen molar-refractivity contribution < 1.29 is 13.2 Å². The van der Waals surface area contributed by atoms with E-state index in [1.165, 1.54) is 21.5 Å². The summed E-state index contributed by atoms with van der Waals surface area (Å²) in [6.07, 6.45) is 2.19. The summed E-state index contributed by atoms with van der Waals surface area (Å²) in [7, 11) is 0. The number of nitrogens with zero attached hydrogens (tertiary/aromatic N) is 7. The number of nitrogens with one attached hydrogen (secondary N) is 1. The molecule has 12 heteroatoms. The second-order valence-corrected chi connectivity index (χ2v) is 9.15. The van der Waals surface area contributed by atoms with Crippen molar-refractivity contribution in [1.29, 1.82) is 0 Å². The molecule has 4 heterocycles. The molecule has 0 saturated heterocycles. The highest BCUT2D eigenvalue weighted by Gasteiger charge is 2.36. The molecule has 1 aromatic carbocycles. The summed E-state index contributed by atoms with van der Waals surface area (Å²) in [6.45, 7) is 4.18. The topological polar surface area (TPSA) is 99.2 Å². The standard InChI is InChI=1S/C27H27F3N8O/c1-3-5-9-22-17-38(25-23(27(28,29)30)11-13-36(25)4-2)26(39)37(22)16-21-15-19(10-12-31-21)18-7-6-8-20(14-18)24-32-34-35-33-24/h6-8,10-15,17H,3-5,9,16H2,1-2H3,(H,32,33,34,35). The Kier molecular flexibility index (Phi) is 7.18. The number of hydrogen-bond acceptors (Lipinski definition) is 5. The largest absolute Gasteiger partial charge is 0.419 e.